The van der Waals surface area contributed by atoms with Gasteiger partial charge in [-0.2, -0.15) is 26.3 Å². The van der Waals surface area contributed by atoms with Crippen LogP contribution in [0.2, 0.25) is 0 Å². The maximum absolute atomic E-state index is 12.8. The first-order chi connectivity index (χ1) is 10.4. The van der Waals surface area contributed by atoms with E-state index in [2.05, 4.69) is 0 Å². The van der Waals surface area contributed by atoms with Crippen molar-refractivity contribution in [1.82, 2.24) is 0 Å². The summed E-state index contributed by atoms with van der Waals surface area (Å²) in [5, 5.41) is 0. The minimum absolute atomic E-state index is 0.0138. The zero-order chi connectivity index (χ0) is 18.0. The molecule has 0 unspecified atom stereocenters. The molecule has 0 aliphatic carbocycles. The summed E-state index contributed by atoms with van der Waals surface area (Å²) < 4.78 is 81.5. The van der Waals surface area contributed by atoms with Crippen molar-refractivity contribution < 1.29 is 35.9 Å². The molecule has 1 aromatic carbocycles. The predicted octanol–water partition coefficient (Wildman–Crippen LogP) is 5.08. The molecule has 1 aromatic rings. The first kappa shape index (κ1) is 19.1. The Labute approximate surface area is 128 Å². The minimum atomic E-state index is -4.94. The number of hydrogen-bond donors (Lipinski definition) is 0. The van der Waals surface area contributed by atoms with Crippen molar-refractivity contribution in [3.8, 4) is 0 Å². The molecular formula is C15H14F6O2. The number of hydrogen-bond acceptors (Lipinski definition) is 2. The number of esters is 1. The molecule has 8 heteroatoms. The molecule has 0 radical (unpaired) electrons. The van der Waals surface area contributed by atoms with Crippen molar-refractivity contribution in [3.63, 3.8) is 0 Å². The molecule has 2 nitrogen and oxygen atoms in total. The van der Waals surface area contributed by atoms with E-state index in [0.29, 0.717) is 12.1 Å². The molecule has 0 heterocycles. The van der Waals surface area contributed by atoms with E-state index in [4.69, 9.17) is 4.74 Å². The van der Waals surface area contributed by atoms with E-state index in [1.807, 2.05) is 0 Å². The van der Waals surface area contributed by atoms with Crippen LogP contribution in [-0.4, -0.2) is 12.6 Å². The van der Waals surface area contributed by atoms with Crippen molar-refractivity contribution >= 4 is 11.5 Å². The highest BCUT2D eigenvalue weighted by molar-refractivity contribution is 5.96. The first-order valence-electron chi connectivity index (χ1n) is 6.52. The van der Waals surface area contributed by atoms with Gasteiger partial charge in [-0.15, -0.1) is 0 Å². The maximum atomic E-state index is 12.8. The molecule has 0 saturated heterocycles. The summed E-state index contributed by atoms with van der Waals surface area (Å²) in [7, 11) is 0. The van der Waals surface area contributed by atoms with Crippen molar-refractivity contribution in [1.29, 1.82) is 0 Å². The molecule has 1 rings (SSSR count). The van der Waals surface area contributed by atoms with Crippen molar-refractivity contribution in [2.24, 2.45) is 0 Å². The third-order valence-electron chi connectivity index (χ3n) is 3.16. The summed E-state index contributed by atoms with van der Waals surface area (Å²) in [5.74, 6) is -0.795. The molecule has 0 fully saturated rings. The molecule has 128 valence electrons. The number of benzene rings is 1. The third kappa shape index (κ3) is 4.74. The highest BCUT2D eigenvalue weighted by Crippen LogP contribution is 2.38. The second-order valence-electron chi connectivity index (χ2n) is 4.77. The highest BCUT2D eigenvalue weighted by Gasteiger charge is 2.37. The Hall–Kier alpha value is -1.99. The molecule has 0 atom stereocenters. The number of rotatable bonds is 3. The van der Waals surface area contributed by atoms with Crippen molar-refractivity contribution in [2.45, 2.75) is 33.1 Å². The van der Waals surface area contributed by atoms with Crippen LogP contribution in [0.25, 0.3) is 5.57 Å². The first-order valence-corrected chi connectivity index (χ1v) is 6.52. The number of ether oxygens (including phenoxy) is 1. The van der Waals surface area contributed by atoms with E-state index in [9.17, 15) is 31.1 Å². The van der Waals surface area contributed by atoms with Crippen LogP contribution in [0.1, 0.15) is 37.5 Å². The van der Waals surface area contributed by atoms with E-state index in [-0.39, 0.29) is 29.4 Å². The van der Waals surface area contributed by atoms with E-state index >= 15 is 0 Å². The number of alkyl halides is 6. The average molecular weight is 340 g/mol. The van der Waals surface area contributed by atoms with Gasteiger partial charge in [0.05, 0.1) is 17.7 Å². The van der Waals surface area contributed by atoms with Gasteiger partial charge in [0.15, 0.2) is 0 Å². The Morgan fingerprint density at radius 2 is 1.39 bits per heavy atom. The van der Waals surface area contributed by atoms with Gasteiger partial charge >= 0.3 is 18.3 Å². The second kappa shape index (κ2) is 6.64. The zero-order valence-corrected chi connectivity index (χ0v) is 12.5. The van der Waals surface area contributed by atoms with E-state index in [0.717, 1.165) is 0 Å². The topological polar surface area (TPSA) is 26.3 Å². The summed E-state index contributed by atoms with van der Waals surface area (Å²) in [4.78, 5) is 11.6. The molecule has 0 amide bonds. The Morgan fingerprint density at radius 1 is 0.957 bits per heavy atom. The Bertz CT molecular complexity index is 594. The second-order valence-corrected chi connectivity index (χ2v) is 4.77. The molecule has 0 spiro atoms. The van der Waals surface area contributed by atoms with Crippen LogP contribution < -0.4 is 0 Å². The molecule has 0 aliphatic heterocycles. The fourth-order valence-corrected chi connectivity index (χ4v) is 1.78. The van der Waals surface area contributed by atoms with Crippen molar-refractivity contribution in [2.75, 3.05) is 6.61 Å². The number of carbonyl (C=O) groups is 1. The maximum Gasteiger partial charge on any atom is 0.416 e. The van der Waals surface area contributed by atoms with Gasteiger partial charge in [-0.25, -0.2) is 4.79 Å². The van der Waals surface area contributed by atoms with Gasteiger partial charge in [-0.1, -0.05) is 0 Å². The lowest BCUT2D eigenvalue weighted by Gasteiger charge is -2.15. The standard InChI is InChI=1S/C15H14F6O2/c1-4-23-13(22)9(3)8(2)10-5-11(14(16,17)18)7-12(6-10)15(19,20)21/h5-7H,4H2,1-3H3/b9-8-. The van der Waals surface area contributed by atoms with Crippen LogP contribution in [0.5, 0.6) is 0 Å². The fourth-order valence-electron chi connectivity index (χ4n) is 1.78. The average Bonchev–Trinajstić information content (AvgIpc) is 2.43. The summed E-state index contributed by atoms with van der Waals surface area (Å²) >= 11 is 0. The lowest BCUT2D eigenvalue weighted by Crippen LogP contribution is -2.12. The van der Waals surface area contributed by atoms with Gasteiger partial charge in [0.25, 0.3) is 0 Å². The van der Waals surface area contributed by atoms with Crippen LogP contribution in [0.3, 0.4) is 0 Å². The van der Waals surface area contributed by atoms with E-state index in [1.165, 1.54) is 20.8 Å². The van der Waals surface area contributed by atoms with Gasteiger partial charge in [0.2, 0.25) is 0 Å². The molecular weight excluding hydrogens is 326 g/mol. The van der Waals surface area contributed by atoms with Gasteiger partial charge in [-0.05, 0) is 50.1 Å². The summed E-state index contributed by atoms with van der Waals surface area (Å²) in [5.41, 5.74) is -3.27. The smallest absolute Gasteiger partial charge is 0.416 e. The number of carbonyl (C=O) groups excluding carboxylic acids is 1. The minimum Gasteiger partial charge on any atom is -0.463 e. The fraction of sp³-hybridized carbons (Fsp3) is 0.400. The van der Waals surface area contributed by atoms with Crippen LogP contribution in [0.15, 0.2) is 23.8 Å². The highest BCUT2D eigenvalue weighted by atomic mass is 19.4. The Morgan fingerprint density at radius 3 is 1.74 bits per heavy atom. The molecule has 0 aliphatic rings. The summed E-state index contributed by atoms with van der Waals surface area (Å²) in [6.45, 7) is 4.12. The molecule has 0 saturated carbocycles. The van der Waals surface area contributed by atoms with Gasteiger partial charge in [0, 0.05) is 5.57 Å². The van der Waals surface area contributed by atoms with Crippen LogP contribution in [-0.2, 0) is 21.9 Å². The quantitative estimate of drug-likeness (QED) is 0.436. The Balaban J connectivity index is 3.52. The SMILES string of the molecule is CCOC(=O)/C(C)=C(/C)c1cc(C(F)(F)F)cc(C(F)(F)F)c1. The largest absolute Gasteiger partial charge is 0.463 e. The molecule has 23 heavy (non-hydrogen) atoms. The molecule has 0 bridgehead atoms. The van der Waals surface area contributed by atoms with E-state index < -0.39 is 29.4 Å². The monoisotopic (exact) mass is 340 g/mol. The summed E-state index contributed by atoms with van der Waals surface area (Å²) in [6, 6.07) is 1.19. The lowest BCUT2D eigenvalue weighted by molar-refractivity contribution is -0.143. The van der Waals surface area contributed by atoms with Crippen molar-refractivity contribution in [3.05, 3.63) is 40.5 Å². The number of halogens is 6. The van der Waals surface area contributed by atoms with E-state index in [1.54, 1.807) is 0 Å². The van der Waals surface area contributed by atoms with Gasteiger partial charge in [0.1, 0.15) is 0 Å². The Kier molecular flexibility index (Phi) is 5.50. The summed E-state index contributed by atoms with van der Waals surface area (Å²) in [6.07, 6.45) is -9.87. The van der Waals surface area contributed by atoms with Gasteiger partial charge in [-0.3, -0.25) is 0 Å². The van der Waals surface area contributed by atoms with Crippen LogP contribution in [0.4, 0.5) is 26.3 Å². The normalized spacial score (nSPS) is 13.6. The zero-order valence-electron chi connectivity index (χ0n) is 12.5. The molecule has 0 N–H and O–H groups in total. The predicted molar refractivity (Wildman–Crippen MR) is 71.3 cm³/mol. The van der Waals surface area contributed by atoms with Gasteiger partial charge < -0.3 is 4.74 Å². The molecule has 0 aromatic heterocycles. The van der Waals surface area contributed by atoms with Crippen LogP contribution in [0, 0.1) is 0 Å². The third-order valence-corrected chi connectivity index (χ3v) is 3.16. The lowest BCUT2D eigenvalue weighted by atomic mass is 9.97. The number of allylic oxidation sites excluding steroid dienone is 1. The van der Waals surface area contributed by atoms with Crippen LogP contribution >= 0.6 is 0 Å².